The Morgan fingerprint density at radius 2 is 2.25 bits per heavy atom. The molecule has 0 aliphatic carbocycles. The number of piperidine rings is 1. The summed E-state index contributed by atoms with van der Waals surface area (Å²) in [6.07, 6.45) is 3.89. The van der Waals surface area contributed by atoms with Crippen molar-refractivity contribution in [3.63, 3.8) is 0 Å². The van der Waals surface area contributed by atoms with Crippen LogP contribution in [0.25, 0.3) is 0 Å². The fourth-order valence-electron chi connectivity index (χ4n) is 2.09. The summed E-state index contributed by atoms with van der Waals surface area (Å²) in [5.74, 6) is 0.794. The van der Waals surface area contributed by atoms with Gasteiger partial charge in [-0.2, -0.15) is 0 Å². The first-order valence-electron chi connectivity index (χ1n) is 5.64. The fraction of sp³-hybridized carbons (Fsp3) is 0.583. The van der Waals surface area contributed by atoms with Gasteiger partial charge < -0.3 is 15.2 Å². The van der Waals surface area contributed by atoms with Crippen molar-refractivity contribution in [3.05, 3.63) is 24.0 Å². The van der Waals surface area contributed by atoms with Crippen LogP contribution in [0.3, 0.4) is 0 Å². The Balaban J connectivity index is 2.07. The Hall–Kier alpha value is -1.13. The Morgan fingerprint density at radius 1 is 1.50 bits per heavy atom. The predicted molar refractivity (Wildman–Crippen MR) is 61.5 cm³/mol. The number of aliphatic hydroxyl groups is 1. The highest BCUT2D eigenvalue weighted by atomic mass is 16.5. The lowest BCUT2D eigenvalue weighted by atomic mass is 9.87. The molecule has 1 aliphatic heterocycles. The van der Waals surface area contributed by atoms with Crippen molar-refractivity contribution in [2.45, 2.75) is 24.9 Å². The maximum atomic E-state index is 10.4. The molecule has 0 unspecified atom stereocenters. The molecule has 1 aromatic rings. The second kappa shape index (κ2) is 4.80. The van der Waals surface area contributed by atoms with Crippen LogP contribution in [0.2, 0.25) is 0 Å². The molecule has 1 saturated heterocycles. The minimum Gasteiger partial charge on any atom is -0.497 e. The van der Waals surface area contributed by atoms with Gasteiger partial charge in [0.25, 0.3) is 0 Å². The molecule has 1 fully saturated rings. The number of hydrogen-bond acceptors (Lipinski definition) is 4. The zero-order valence-corrected chi connectivity index (χ0v) is 9.57. The normalized spacial score (nSPS) is 19.4. The van der Waals surface area contributed by atoms with Gasteiger partial charge in [0.15, 0.2) is 0 Å². The van der Waals surface area contributed by atoms with Gasteiger partial charge >= 0.3 is 0 Å². The summed E-state index contributed by atoms with van der Waals surface area (Å²) in [5, 5.41) is 13.6. The predicted octanol–water partition coefficient (Wildman–Crippen LogP) is 0.747. The average Bonchev–Trinajstić information content (AvgIpc) is 2.29. The number of aromatic nitrogens is 1. The summed E-state index contributed by atoms with van der Waals surface area (Å²) in [5.41, 5.74) is 0.286. The van der Waals surface area contributed by atoms with Crippen LogP contribution < -0.4 is 10.1 Å². The highest BCUT2D eigenvalue weighted by Crippen LogP contribution is 2.23. The quantitative estimate of drug-likeness (QED) is 0.792. The summed E-state index contributed by atoms with van der Waals surface area (Å²) in [6.45, 7) is 1.75. The van der Waals surface area contributed by atoms with E-state index in [1.165, 1.54) is 0 Å². The molecule has 2 heterocycles. The summed E-state index contributed by atoms with van der Waals surface area (Å²) in [6, 6.07) is 3.70. The van der Waals surface area contributed by atoms with Gasteiger partial charge in [-0.3, -0.25) is 4.98 Å². The third-order valence-electron chi connectivity index (χ3n) is 3.07. The molecule has 0 bridgehead atoms. The molecule has 0 spiro atoms. The molecule has 16 heavy (non-hydrogen) atoms. The van der Waals surface area contributed by atoms with Crippen molar-refractivity contribution in [2.24, 2.45) is 0 Å². The highest BCUT2D eigenvalue weighted by molar-refractivity contribution is 5.23. The molecule has 4 heteroatoms. The standard InChI is InChI=1S/C12H18N2O2/c1-16-11-2-5-14-10(8-11)9-12(15)3-6-13-7-4-12/h2,5,8,13,15H,3-4,6-7,9H2,1H3. The van der Waals surface area contributed by atoms with Crippen molar-refractivity contribution in [1.82, 2.24) is 10.3 Å². The van der Waals surface area contributed by atoms with Gasteiger partial charge in [-0.1, -0.05) is 0 Å². The lowest BCUT2D eigenvalue weighted by Crippen LogP contribution is -2.43. The Labute approximate surface area is 95.7 Å². The van der Waals surface area contributed by atoms with E-state index in [1.54, 1.807) is 13.3 Å². The molecular formula is C12H18N2O2. The highest BCUT2D eigenvalue weighted by Gasteiger charge is 2.29. The summed E-state index contributed by atoms with van der Waals surface area (Å²) >= 11 is 0. The first-order chi connectivity index (χ1) is 7.72. The molecule has 0 saturated carbocycles. The first kappa shape index (κ1) is 11.4. The summed E-state index contributed by atoms with van der Waals surface area (Å²) in [4.78, 5) is 4.27. The molecule has 0 atom stereocenters. The van der Waals surface area contributed by atoms with Crippen LogP contribution in [-0.4, -0.2) is 35.9 Å². The van der Waals surface area contributed by atoms with Gasteiger partial charge in [0.05, 0.1) is 12.7 Å². The van der Waals surface area contributed by atoms with Gasteiger partial charge in [0.2, 0.25) is 0 Å². The molecule has 1 aromatic heterocycles. The van der Waals surface area contributed by atoms with Crippen molar-refractivity contribution < 1.29 is 9.84 Å². The van der Waals surface area contributed by atoms with Crippen LogP contribution in [0.15, 0.2) is 18.3 Å². The van der Waals surface area contributed by atoms with Crippen LogP contribution >= 0.6 is 0 Å². The Kier molecular flexibility index (Phi) is 3.41. The number of pyridine rings is 1. The molecule has 2 rings (SSSR count). The number of hydrogen-bond donors (Lipinski definition) is 2. The second-order valence-corrected chi connectivity index (χ2v) is 4.34. The van der Waals surface area contributed by atoms with E-state index in [2.05, 4.69) is 10.3 Å². The number of rotatable bonds is 3. The maximum Gasteiger partial charge on any atom is 0.122 e. The number of ether oxygens (including phenoxy) is 1. The lowest BCUT2D eigenvalue weighted by Gasteiger charge is -2.32. The monoisotopic (exact) mass is 222 g/mol. The zero-order chi connectivity index (χ0) is 11.4. The van der Waals surface area contributed by atoms with Gasteiger partial charge in [0.1, 0.15) is 5.75 Å². The fourth-order valence-corrected chi connectivity index (χ4v) is 2.09. The van der Waals surface area contributed by atoms with Crippen molar-refractivity contribution in [1.29, 1.82) is 0 Å². The Bertz CT molecular complexity index is 349. The van der Waals surface area contributed by atoms with Crippen LogP contribution in [-0.2, 0) is 6.42 Å². The number of nitrogens with one attached hydrogen (secondary N) is 1. The first-order valence-corrected chi connectivity index (χ1v) is 5.64. The minimum absolute atomic E-state index is 0.603. The lowest BCUT2D eigenvalue weighted by molar-refractivity contribution is 0.00999. The van der Waals surface area contributed by atoms with E-state index in [0.29, 0.717) is 6.42 Å². The van der Waals surface area contributed by atoms with E-state index in [9.17, 15) is 5.11 Å². The van der Waals surface area contributed by atoms with E-state index in [-0.39, 0.29) is 0 Å². The van der Waals surface area contributed by atoms with Gasteiger partial charge in [-0.05, 0) is 32.0 Å². The molecule has 0 aromatic carbocycles. The van der Waals surface area contributed by atoms with Crippen molar-refractivity contribution in [3.8, 4) is 5.75 Å². The third-order valence-corrected chi connectivity index (χ3v) is 3.07. The molecule has 0 amide bonds. The van der Waals surface area contributed by atoms with Crippen LogP contribution in [0.4, 0.5) is 0 Å². The van der Waals surface area contributed by atoms with Crippen LogP contribution in [0.1, 0.15) is 18.5 Å². The molecule has 4 nitrogen and oxygen atoms in total. The van der Waals surface area contributed by atoms with Crippen LogP contribution in [0.5, 0.6) is 5.75 Å². The molecule has 88 valence electrons. The van der Waals surface area contributed by atoms with Gasteiger partial charge in [0, 0.05) is 24.4 Å². The summed E-state index contributed by atoms with van der Waals surface area (Å²) < 4.78 is 5.14. The molecular weight excluding hydrogens is 204 g/mol. The minimum atomic E-state index is -0.607. The van der Waals surface area contributed by atoms with E-state index >= 15 is 0 Å². The zero-order valence-electron chi connectivity index (χ0n) is 9.57. The van der Waals surface area contributed by atoms with E-state index in [4.69, 9.17) is 4.74 Å². The van der Waals surface area contributed by atoms with Crippen molar-refractivity contribution in [2.75, 3.05) is 20.2 Å². The Morgan fingerprint density at radius 3 is 2.94 bits per heavy atom. The molecule has 1 aliphatic rings. The average molecular weight is 222 g/mol. The van der Waals surface area contributed by atoms with E-state index < -0.39 is 5.60 Å². The molecule has 0 radical (unpaired) electrons. The molecule has 2 N–H and O–H groups in total. The van der Waals surface area contributed by atoms with E-state index in [0.717, 1.165) is 37.4 Å². The maximum absolute atomic E-state index is 10.4. The summed E-state index contributed by atoms with van der Waals surface area (Å²) in [7, 11) is 1.64. The number of nitrogens with zero attached hydrogens (tertiary/aromatic N) is 1. The van der Waals surface area contributed by atoms with Gasteiger partial charge in [-0.15, -0.1) is 0 Å². The smallest absolute Gasteiger partial charge is 0.122 e. The van der Waals surface area contributed by atoms with E-state index in [1.807, 2.05) is 12.1 Å². The van der Waals surface area contributed by atoms with Crippen LogP contribution in [0, 0.1) is 0 Å². The van der Waals surface area contributed by atoms with Gasteiger partial charge in [-0.25, -0.2) is 0 Å². The topological polar surface area (TPSA) is 54.4 Å². The SMILES string of the molecule is COc1ccnc(CC2(O)CCNCC2)c1. The second-order valence-electron chi connectivity index (χ2n) is 4.34. The number of methoxy groups -OCH3 is 1. The third kappa shape index (κ3) is 2.71. The van der Waals surface area contributed by atoms with Crippen molar-refractivity contribution >= 4 is 0 Å². The largest absolute Gasteiger partial charge is 0.497 e.